The van der Waals surface area contributed by atoms with Crippen molar-refractivity contribution in [2.24, 2.45) is 0 Å². The maximum Gasteiger partial charge on any atom is 0.274 e. The zero-order chi connectivity index (χ0) is 20.3. The van der Waals surface area contributed by atoms with Gasteiger partial charge in [0.05, 0.1) is 11.2 Å². The lowest BCUT2D eigenvalue weighted by molar-refractivity contribution is 0.0779. The van der Waals surface area contributed by atoms with E-state index in [1.807, 2.05) is 49.9 Å². The second-order valence-electron chi connectivity index (χ2n) is 6.55. The third-order valence-corrected chi connectivity index (χ3v) is 5.10. The molecule has 1 aromatic carbocycles. The van der Waals surface area contributed by atoms with Gasteiger partial charge in [-0.3, -0.25) is 4.79 Å². The molecule has 0 aliphatic heterocycles. The van der Waals surface area contributed by atoms with E-state index in [9.17, 15) is 4.79 Å². The van der Waals surface area contributed by atoms with Crippen molar-refractivity contribution in [1.29, 1.82) is 0 Å². The standard InChI is InChI=1S/C21H25ClN4O2/c1-5-17-15(14-10-8-9-11-18(14)28-17)13-25(4)20(27)19-16(22)12-23-21(24-19)26(6-2)7-3/h8-12H,5-7,13H2,1-4H3. The summed E-state index contributed by atoms with van der Waals surface area (Å²) in [6.07, 6.45) is 2.25. The first-order valence-electron chi connectivity index (χ1n) is 9.52. The molecule has 2 heterocycles. The number of aryl methyl sites for hydroxylation is 1. The zero-order valence-electron chi connectivity index (χ0n) is 16.7. The van der Waals surface area contributed by atoms with E-state index < -0.39 is 0 Å². The largest absolute Gasteiger partial charge is 0.461 e. The van der Waals surface area contributed by atoms with Crippen molar-refractivity contribution in [2.45, 2.75) is 33.7 Å². The number of carbonyl (C=O) groups excluding carboxylic acids is 1. The first-order valence-corrected chi connectivity index (χ1v) is 9.90. The molecule has 148 valence electrons. The predicted molar refractivity (Wildman–Crippen MR) is 112 cm³/mol. The highest BCUT2D eigenvalue weighted by Crippen LogP contribution is 2.28. The topological polar surface area (TPSA) is 62.5 Å². The normalized spacial score (nSPS) is 11.0. The molecule has 3 rings (SSSR count). The van der Waals surface area contributed by atoms with E-state index in [4.69, 9.17) is 16.0 Å². The molecule has 2 aromatic heterocycles. The van der Waals surface area contributed by atoms with E-state index in [1.165, 1.54) is 6.20 Å². The van der Waals surface area contributed by atoms with Crippen molar-refractivity contribution in [1.82, 2.24) is 14.9 Å². The van der Waals surface area contributed by atoms with Crippen molar-refractivity contribution in [2.75, 3.05) is 25.0 Å². The average molecular weight is 401 g/mol. The number of furan rings is 1. The number of halogens is 1. The van der Waals surface area contributed by atoms with E-state index in [0.29, 0.717) is 12.5 Å². The fraction of sp³-hybridized carbons (Fsp3) is 0.381. The number of rotatable bonds is 7. The molecule has 3 aromatic rings. The molecule has 0 N–H and O–H groups in total. The van der Waals surface area contributed by atoms with Crippen LogP contribution in [-0.4, -0.2) is 40.9 Å². The molecule has 7 heteroatoms. The Kier molecular flexibility index (Phi) is 6.19. The number of nitrogens with zero attached hydrogens (tertiary/aromatic N) is 4. The van der Waals surface area contributed by atoms with Crippen LogP contribution in [0.25, 0.3) is 11.0 Å². The van der Waals surface area contributed by atoms with Crippen LogP contribution in [0.4, 0.5) is 5.95 Å². The summed E-state index contributed by atoms with van der Waals surface area (Å²) in [6, 6.07) is 7.87. The Morgan fingerprint density at radius 3 is 2.57 bits per heavy atom. The second kappa shape index (κ2) is 8.61. The number of hydrogen-bond donors (Lipinski definition) is 0. The molecule has 0 aliphatic carbocycles. The van der Waals surface area contributed by atoms with E-state index in [2.05, 4.69) is 9.97 Å². The summed E-state index contributed by atoms with van der Waals surface area (Å²) in [5.41, 5.74) is 2.06. The number of aromatic nitrogens is 2. The summed E-state index contributed by atoms with van der Waals surface area (Å²) in [6.45, 7) is 8.00. The van der Waals surface area contributed by atoms with Crippen molar-refractivity contribution in [3.8, 4) is 0 Å². The highest BCUT2D eigenvalue weighted by Gasteiger charge is 2.22. The van der Waals surface area contributed by atoms with Gasteiger partial charge in [0.1, 0.15) is 11.3 Å². The van der Waals surface area contributed by atoms with Crippen LogP contribution in [0.3, 0.4) is 0 Å². The van der Waals surface area contributed by atoms with Gasteiger partial charge in [-0.2, -0.15) is 0 Å². The fourth-order valence-electron chi connectivity index (χ4n) is 3.26. The van der Waals surface area contributed by atoms with Crippen molar-refractivity contribution >= 4 is 34.4 Å². The SMILES string of the molecule is CCc1oc2ccccc2c1CN(C)C(=O)c1nc(N(CC)CC)ncc1Cl. The summed E-state index contributed by atoms with van der Waals surface area (Å²) in [5, 5.41) is 1.28. The highest BCUT2D eigenvalue weighted by molar-refractivity contribution is 6.33. The molecule has 0 bridgehead atoms. The lowest BCUT2D eigenvalue weighted by Crippen LogP contribution is -2.30. The summed E-state index contributed by atoms with van der Waals surface area (Å²) in [7, 11) is 1.75. The fourth-order valence-corrected chi connectivity index (χ4v) is 3.44. The van der Waals surface area contributed by atoms with Crippen LogP contribution in [0, 0.1) is 0 Å². The van der Waals surface area contributed by atoms with Crippen LogP contribution in [0.2, 0.25) is 5.02 Å². The number of hydrogen-bond acceptors (Lipinski definition) is 5. The van der Waals surface area contributed by atoms with Gasteiger partial charge in [-0.15, -0.1) is 0 Å². The molecule has 1 amide bonds. The number of fused-ring (bicyclic) bond motifs is 1. The first-order chi connectivity index (χ1) is 13.5. The predicted octanol–water partition coefficient (Wildman–Crippen LogP) is 4.56. The van der Waals surface area contributed by atoms with Gasteiger partial charge in [0, 0.05) is 44.1 Å². The number of para-hydroxylation sites is 1. The molecule has 0 aliphatic rings. The van der Waals surface area contributed by atoms with Gasteiger partial charge in [0.25, 0.3) is 5.91 Å². The Balaban J connectivity index is 1.91. The van der Waals surface area contributed by atoms with Crippen molar-refractivity contribution < 1.29 is 9.21 Å². The van der Waals surface area contributed by atoms with Gasteiger partial charge in [0.15, 0.2) is 5.69 Å². The summed E-state index contributed by atoms with van der Waals surface area (Å²) < 4.78 is 5.94. The third kappa shape index (κ3) is 3.83. The van der Waals surface area contributed by atoms with E-state index in [-0.39, 0.29) is 16.6 Å². The Morgan fingerprint density at radius 1 is 1.18 bits per heavy atom. The Hall–Kier alpha value is -2.60. The minimum Gasteiger partial charge on any atom is -0.461 e. The van der Waals surface area contributed by atoms with Crippen LogP contribution in [0.15, 0.2) is 34.9 Å². The smallest absolute Gasteiger partial charge is 0.274 e. The third-order valence-electron chi connectivity index (χ3n) is 4.83. The van der Waals surface area contributed by atoms with Crippen LogP contribution < -0.4 is 4.90 Å². The Morgan fingerprint density at radius 2 is 1.89 bits per heavy atom. The second-order valence-corrected chi connectivity index (χ2v) is 6.96. The van der Waals surface area contributed by atoms with Crippen LogP contribution >= 0.6 is 11.6 Å². The Labute approximate surface area is 170 Å². The van der Waals surface area contributed by atoms with Crippen LogP contribution in [0.1, 0.15) is 42.6 Å². The molecule has 0 radical (unpaired) electrons. The van der Waals surface area contributed by atoms with Crippen molar-refractivity contribution in [3.63, 3.8) is 0 Å². The van der Waals surface area contributed by atoms with Gasteiger partial charge in [0.2, 0.25) is 5.95 Å². The number of amides is 1. The van der Waals surface area contributed by atoms with Gasteiger partial charge in [-0.25, -0.2) is 9.97 Å². The number of carbonyl (C=O) groups is 1. The quantitative estimate of drug-likeness (QED) is 0.581. The van der Waals surface area contributed by atoms with E-state index in [1.54, 1.807) is 11.9 Å². The number of anilines is 1. The Bertz CT molecular complexity index is 982. The number of benzene rings is 1. The van der Waals surface area contributed by atoms with Gasteiger partial charge in [-0.1, -0.05) is 36.7 Å². The lowest BCUT2D eigenvalue weighted by Gasteiger charge is -2.21. The van der Waals surface area contributed by atoms with Gasteiger partial charge < -0.3 is 14.2 Å². The molecular formula is C21H25ClN4O2. The first kappa shape index (κ1) is 20.1. The maximum atomic E-state index is 13.1. The molecule has 28 heavy (non-hydrogen) atoms. The molecule has 0 fully saturated rings. The molecule has 0 saturated carbocycles. The monoisotopic (exact) mass is 400 g/mol. The minimum atomic E-state index is -0.242. The van der Waals surface area contributed by atoms with Gasteiger partial charge in [-0.05, 0) is 19.9 Å². The summed E-state index contributed by atoms with van der Waals surface area (Å²) >= 11 is 6.25. The maximum absolute atomic E-state index is 13.1. The lowest BCUT2D eigenvalue weighted by atomic mass is 10.1. The molecular weight excluding hydrogens is 376 g/mol. The minimum absolute atomic E-state index is 0.215. The average Bonchev–Trinajstić information content (AvgIpc) is 3.07. The molecule has 0 unspecified atom stereocenters. The summed E-state index contributed by atoms with van der Waals surface area (Å²) in [4.78, 5) is 25.4. The van der Waals surface area contributed by atoms with E-state index >= 15 is 0 Å². The molecule has 0 spiro atoms. The van der Waals surface area contributed by atoms with Crippen LogP contribution in [0.5, 0.6) is 0 Å². The van der Waals surface area contributed by atoms with Crippen molar-refractivity contribution in [3.05, 3.63) is 52.5 Å². The van der Waals surface area contributed by atoms with Crippen LogP contribution in [-0.2, 0) is 13.0 Å². The molecule has 0 atom stereocenters. The highest BCUT2D eigenvalue weighted by atomic mass is 35.5. The van der Waals surface area contributed by atoms with E-state index in [0.717, 1.165) is 41.8 Å². The van der Waals surface area contributed by atoms with Gasteiger partial charge >= 0.3 is 0 Å². The molecule has 0 saturated heterocycles. The molecule has 6 nitrogen and oxygen atoms in total. The zero-order valence-corrected chi connectivity index (χ0v) is 17.5. The summed E-state index contributed by atoms with van der Waals surface area (Å²) in [5.74, 6) is 1.15.